The molecule has 13 heavy (non-hydrogen) atoms. The fraction of sp³-hybridized carbons (Fsp3) is 0.583. The predicted octanol–water partition coefficient (Wildman–Crippen LogP) is 2.88. The minimum atomic E-state index is 0.0683. The van der Waals surface area contributed by atoms with Crippen LogP contribution in [-0.4, -0.2) is 5.78 Å². The fourth-order valence-electron chi connectivity index (χ4n) is 2.57. The number of carbonyl (C=O) groups is 1. The molecular formula is C12H16O. The smallest absolute Gasteiger partial charge is 0.156 e. The molecule has 0 aliphatic heterocycles. The lowest BCUT2D eigenvalue weighted by Gasteiger charge is -2.37. The van der Waals surface area contributed by atoms with E-state index in [1.807, 2.05) is 0 Å². The summed E-state index contributed by atoms with van der Waals surface area (Å²) < 4.78 is 0. The predicted molar refractivity (Wildman–Crippen MR) is 53.4 cm³/mol. The minimum Gasteiger partial charge on any atom is -0.295 e. The Balaban J connectivity index is 2.26. The molecule has 1 spiro atoms. The van der Waals surface area contributed by atoms with E-state index < -0.39 is 0 Å². The number of hydrogen-bond donors (Lipinski definition) is 0. The second-order valence-electron chi connectivity index (χ2n) is 5.16. The Morgan fingerprint density at radius 3 is 2.62 bits per heavy atom. The maximum Gasteiger partial charge on any atom is 0.156 e. The minimum absolute atomic E-state index is 0.0683. The van der Waals surface area contributed by atoms with Crippen molar-refractivity contribution in [2.45, 2.75) is 33.1 Å². The second kappa shape index (κ2) is 2.57. The normalized spacial score (nSPS) is 36.0. The maximum atomic E-state index is 11.2. The first-order valence-corrected chi connectivity index (χ1v) is 4.91. The van der Waals surface area contributed by atoms with Gasteiger partial charge in [0.05, 0.1) is 0 Å². The number of rotatable bonds is 0. The zero-order valence-electron chi connectivity index (χ0n) is 8.34. The summed E-state index contributed by atoms with van der Waals surface area (Å²) >= 11 is 0. The van der Waals surface area contributed by atoms with Gasteiger partial charge in [-0.25, -0.2) is 0 Å². The lowest BCUT2D eigenvalue weighted by Crippen LogP contribution is -2.27. The zero-order chi connectivity index (χ0) is 9.53. The van der Waals surface area contributed by atoms with Gasteiger partial charge >= 0.3 is 0 Å². The van der Waals surface area contributed by atoms with Crippen LogP contribution in [0.1, 0.15) is 33.1 Å². The number of hydrogen-bond acceptors (Lipinski definition) is 1. The summed E-state index contributed by atoms with van der Waals surface area (Å²) in [5.41, 5.74) is 0.419. The summed E-state index contributed by atoms with van der Waals surface area (Å²) in [5.74, 6) is 0.280. The van der Waals surface area contributed by atoms with Gasteiger partial charge in [-0.1, -0.05) is 32.1 Å². The summed E-state index contributed by atoms with van der Waals surface area (Å²) in [6, 6.07) is 0. The molecule has 0 bridgehead atoms. The van der Waals surface area contributed by atoms with Gasteiger partial charge in [0, 0.05) is 11.8 Å². The Hall–Kier alpha value is -0.850. The molecule has 0 N–H and O–H groups in total. The van der Waals surface area contributed by atoms with Gasteiger partial charge < -0.3 is 0 Å². The summed E-state index contributed by atoms with van der Waals surface area (Å²) in [7, 11) is 0. The van der Waals surface area contributed by atoms with E-state index in [-0.39, 0.29) is 11.2 Å². The zero-order valence-corrected chi connectivity index (χ0v) is 8.34. The Kier molecular flexibility index (Phi) is 1.73. The second-order valence-corrected chi connectivity index (χ2v) is 5.16. The molecule has 0 saturated heterocycles. The molecule has 2 aliphatic carbocycles. The highest BCUT2D eigenvalue weighted by Gasteiger charge is 2.38. The van der Waals surface area contributed by atoms with Gasteiger partial charge in [-0.2, -0.15) is 0 Å². The molecule has 1 atom stereocenters. The van der Waals surface area contributed by atoms with E-state index in [4.69, 9.17) is 0 Å². The summed E-state index contributed by atoms with van der Waals surface area (Å²) in [5, 5.41) is 0. The van der Waals surface area contributed by atoms with Crippen LogP contribution < -0.4 is 0 Å². The van der Waals surface area contributed by atoms with Crippen molar-refractivity contribution in [1.82, 2.24) is 0 Å². The Bertz CT molecular complexity index is 296. The van der Waals surface area contributed by atoms with Crippen LogP contribution in [0, 0.1) is 10.8 Å². The van der Waals surface area contributed by atoms with Crippen molar-refractivity contribution < 1.29 is 4.79 Å². The molecule has 1 nitrogen and oxygen atoms in total. The SMILES string of the molecule is CC1(C)CC=CC2(C=CC(=O)C2)C1. The van der Waals surface area contributed by atoms with Gasteiger partial charge in [-0.15, -0.1) is 0 Å². The van der Waals surface area contributed by atoms with Gasteiger partial charge in [0.25, 0.3) is 0 Å². The van der Waals surface area contributed by atoms with Crippen LogP contribution in [0.2, 0.25) is 0 Å². The van der Waals surface area contributed by atoms with Crippen molar-refractivity contribution >= 4 is 5.78 Å². The lowest BCUT2D eigenvalue weighted by atomic mass is 9.67. The standard InChI is InChI=1S/C12H16O/c1-11(2)5-3-6-12(9-11)7-4-10(13)8-12/h3-4,6-7H,5,8-9H2,1-2H3. The first-order chi connectivity index (χ1) is 6.02. The van der Waals surface area contributed by atoms with Crippen molar-refractivity contribution in [3.05, 3.63) is 24.3 Å². The van der Waals surface area contributed by atoms with E-state index in [0.29, 0.717) is 11.8 Å². The average molecular weight is 176 g/mol. The van der Waals surface area contributed by atoms with Crippen molar-refractivity contribution in [3.63, 3.8) is 0 Å². The molecule has 0 fully saturated rings. The van der Waals surface area contributed by atoms with Crippen molar-refractivity contribution in [3.8, 4) is 0 Å². The maximum absolute atomic E-state index is 11.2. The number of carbonyl (C=O) groups excluding carboxylic acids is 1. The van der Waals surface area contributed by atoms with Crippen LogP contribution in [0.25, 0.3) is 0 Å². The van der Waals surface area contributed by atoms with E-state index in [2.05, 4.69) is 32.1 Å². The molecule has 0 amide bonds. The largest absolute Gasteiger partial charge is 0.295 e. The molecule has 70 valence electrons. The summed E-state index contributed by atoms with van der Waals surface area (Å²) in [6.45, 7) is 4.55. The average Bonchev–Trinajstić information content (AvgIpc) is 2.29. The fourth-order valence-corrected chi connectivity index (χ4v) is 2.57. The van der Waals surface area contributed by atoms with Crippen molar-refractivity contribution in [1.29, 1.82) is 0 Å². The Morgan fingerprint density at radius 1 is 1.31 bits per heavy atom. The van der Waals surface area contributed by atoms with Crippen LogP contribution in [0.4, 0.5) is 0 Å². The highest BCUT2D eigenvalue weighted by atomic mass is 16.1. The molecule has 0 aromatic rings. The third-order valence-corrected chi connectivity index (χ3v) is 3.03. The quantitative estimate of drug-likeness (QED) is 0.519. The monoisotopic (exact) mass is 176 g/mol. The van der Waals surface area contributed by atoms with Crippen LogP contribution in [0.5, 0.6) is 0 Å². The van der Waals surface area contributed by atoms with Crippen molar-refractivity contribution in [2.24, 2.45) is 10.8 Å². The topological polar surface area (TPSA) is 17.1 Å². The Morgan fingerprint density at radius 2 is 2.08 bits per heavy atom. The van der Waals surface area contributed by atoms with E-state index in [1.165, 1.54) is 0 Å². The van der Waals surface area contributed by atoms with Crippen LogP contribution in [0.3, 0.4) is 0 Å². The van der Waals surface area contributed by atoms with Gasteiger partial charge in [-0.3, -0.25) is 4.79 Å². The molecule has 1 heteroatoms. The Labute approximate surface area is 79.5 Å². The van der Waals surface area contributed by atoms with E-state index in [0.717, 1.165) is 12.8 Å². The van der Waals surface area contributed by atoms with Gasteiger partial charge in [-0.05, 0) is 24.3 Å². The third kappa shape index (κ3) is 1.60. The van der Waals surface area contributed by atoms with Gasteiger partial charge in [0.15, 0.2) is 5.78 Å². The lowest BCUT2D eigenvalue weighted by molar-refractivity contribution is -0.115. The van der Waals surface area contributed by atoms with E-state index in [9.17, 15) is 4.79 Å². The first kappa shape index (κ1) is 8.74. The number of ketones is 1. The van der Waals surface area contributed by atoms with Crippen LogP contribution >= 0.6 is 0 Å². The van der Waals surface area contributed by atoms with Crippen LogP contribution in [0.15, 0.2) is 24.3 Å². The number of allylic oxidation sites excluding steroid dienone is 4. The van der Waals surface area contributed by atoms with Crippen molar-refractivity contribution in [2.75, 3.05) is 0 Å². The summed E-state index contributed by atoms with van der Waals surface area (Å²) in [4.78, 5) is 11.2. The molecule has 0 aromatic carbocycles. The van der Waals surface area contributed by atoms with Gasteiger partial charge in [0.1, 0.15) is 0 Å². The highest BCUT2D eigenvalue weighted by molar-refractivity contribution is 5.93. The molecule has 0 aromatic heterocycles. The molecular weight excluding hydrogens is 160 g/mol. The highest BCUT2D eigenvalue weighted by Crippen LogP contribution is 2.47. The van der Waals surface area contributed by atoms with Gasteiger partial charge in [0.2, 0.25) is 0 Å². The first-order valence-electron chi connectivity index (χ1n) is 4.91. The van der Waals surface area contributed by atoms with E-state index >= 15 is 0 Å². The molecule has 1 unspecified atom stereocenters. The van der Waals surface area contributed by atoms with Crippen LogP contribution in [-0.2, 0) is 4.79 Å². The molecule has 0 saturated carbocycles. The molecule has 2 aliphatic rings. The molecule has 0 heterocycles. The third-order valence-electron chi connectivity index (χ3n) is 3.03. The summed E-state index contributed by atoms with van der Waals surface area (Å²) in [6.07, 6.45) is 11.2. The molecule has 2 rings (SSSR count). The molecule has 0 radical (unpaired) electrons. The van der Waals surface area contributed by atoms with E-state index in [1.54, 1.807) is 6.08 Å².